The number of amides is 5. The van der Waals surface area contributed by atoms with Crippen molar-refractivity contribution in [2.45, 2.75) is 118 Å². The smallest absolute Gasteiger partial charge is 0.436 e. The summed E-state index contributed by atoms with van der Waals surface area (Å²) in [5.74, 6) is -1.77. The Morgan fingerprint density at radius 1 is 0.810 bits per heavy atom. The normalized spacial score (nSPS) is 13.8. The van der Waals surface area contributed by atoms with Crippen LogP contribution in [0.5, 0.6) is 0 Å². The number of hydrogen-bond donors (Lipinski definition) is 1. The summed E-state index contributed by atoms with van der Waals surface area (Å²) in [5, 5.41) is 7.39. The number of carbonyl (C=O) groups is 6. The van der Waals surface area contributed by atoms with Gasteiger partial charge in [0.2, 0.25) is 5.91 Å². The van der Waals surface area contributed by atoms with E-state index in [1.165, 1.54) is 28.9 Å². The van der Waals surface area contributed by atoms with Crippen LogP contribution in [-0.2, 0) is 54.5 Å². The standard InChI is InChI=1S/C42H54N6O10/c1-11-55-33(49)26-47-25-30-24-46(22-21-31(30)45-47)36(51)32(23-27-15-13-12-14-16-27)43-35(50)29-19-17-28(18-20-29)34(44-37(52)56-40(2,3)4)48(38(53)57-41(5,6)7)39(54)58-42(8,9)10/h12-20,25,32H,11,21-24,26H2,1-10H3,(H,43,50)/t32-/m0/s1. The van der Waals surface area contributed by atoms with Crippen LogP contribution < -0.4 is 5.32 Å². The van der Waals surface area contributed by atoms with Gasteiger partial charge in [-0.1, -0.05) is 42.5 Å². The molecule has 312 valence electrons. The summed E-state index contributed by atoms with van der Waals surface area (Å²) in [4.78, 5) is 86.5. The van der Waals surface area contributed by atoms with E-state index < -0.39 is 58.8 Å². The number of aliphatic imine (C=N–C) groups is 1. The fourth-order valence-electron chi connectivity index (χ4n) is 5.74. The third-order valence-corrected chi connectivity index (χ3v) is 8.06. The van der Waals surface area contributed by atoms with Gasteiger partial charge in [-0.3, -0.25) is 19.1 Å². The summed E-state index contributed by atoms with van der Waals surface area (Å²) in [6.07, 6.45) is -1.04. The zero-order chi connectivity index (χ0) is 43.0. The molecule has 16 nitrogen and oxygen atoms in total. The molecular weight excluding hydrogens is 748 g/mol. The molecule has 0 saturated heterocycles. The molecule has 0 fully saturated rings. The van der Waals surface area contributed by atoms with E-state index in [0.717, 1.165) is 16.8 Å². The second-order valence-electron chi connectivity index (χ2n) is 16.6. The molecule has 58 heavy (non-hydrogen) atoms. The molecule has 1 aromatic heterocycles. The van der Waals surface area contributed by atoms with Gasteiger partial charge in [-0.25, -0.2) is 14.4 Å². The number of nitrogens with zero attached hydrogens (tertiary/aromatic N) is 5. The Labute approximate surface area is 338 Å². The van der Waals surface area contributed by atoms with Gasteiger partial charge in [-0.15, -0.1) is 0 Å². The molecular formula is C42H54N6O10. The van der Waals surface area contributed by atoms with Gasteiger partial charge in [-0.05, 0) is 86.9 Å². The highest BCUT2D eigenvalue weighted by Gasteiger charge is 2.37. The van der Waals surface area contributed by atoms with Crippen LogP contribution in [0.1, 0.15) is 102 Å². The van der Waals surface area contributed by atoms with Gasteiger partial charge in [0, 0.05) is 48.8 Å². The third-order valence-electron chi connectivity index (χ3n) is 8.06. The van der Waals surface area contributed by atoms with Crippen LogP contribution in [0.4, 0.5) is 14.4 Å². The molecule has 1 N–H and O–H groups in total. The molecule has 4 rings (SSSR count). The molecule has 0 spiro atoms. The number of rotatable bonds is 9. The summed E-state index contributed by atoms with van der Waals surface area (Å²) >= 11 is 0. The van der Waals surface area contributed by atoms with E-state index in [-0.39, 0.29) is 43.2 Å². The molecule has 3 aromatic rings. The highest BCUT2D eigenvalue weighted by atomic mass is 16.6. The zero-order valence-electron chi connectivity index (χ0n) is 34.9. The first kappa shape index (κ1) is 44.7. The lowest BCUT2D eigenvalue weighted by atomic mass is 10.0. The number of hydrogen-bond acceptors (Lipinski definition) is 11. The summed E-state index contributed by atoms with van der Waals surface area (Å²) in [7, 11) is 0. The third kappa shape index (κ3) is 13.3. The maximum absolute atomic E-state index is 14.2. The average molecular weight is 803 g/mol. The molecule has 1 aliphatic heterocycles. The number of esters is 1. The van der Waals surface area contributed by atoms with Crippen LogP contribution in [-0.4, -0.2) is 97.5 Å². The molecule has 1 aliphatic rings. The number of benzene rings is 2. The van der Waals surface area contributed by atoms with E-state index in [0.29, 0.717) is 17.9 Å². The van der Waals surface area contributed by atoms with Gasteiger partial charge in [0.1, 0.15) is 29.4 Å². The number of imide groups is 1. The predicted molar refractivity (Wildman–Crippen MR) is 213 cm³/mol. The lowest BCUT2D eigenvalue weighted by Gasteiger charge is -2.30. The Bertz CT molecular complexity index is 1980. The van der Waals surface area contributed by atoms with Crippen LogP contribution in [0.25, 0.3) is 0 Å². The van der Waals surface area contributed by atoms with Crippen molar-refractivity contribution in [2.24, 2.45) is 4.99 Å². The van der Waals surface area contributed by atoms with Crippen molar-refractivity contribution in [3.63, 3.8) is 0 Å². The first-order valence-corrected chi connectivity index (χ1v) is 19.0. The fraction of sp³-hybridized carbons (Fsp3) is 0.476. The molecule has 0 saturated carbocycles. The summed E-state index contributed by atoms with van der Waals surface area (Å²) in [5.41, 5.74) is -0.462. The Balaban J connectivity index is 1.64. The first-order chi connectivity index (χ1) is 27.0. The number of ether oxygens (including phenoxy) is 4. The zero-order valence-corrected chi connectivity index (χ0v) is 34.9. The van der Waals surface area contributed by atoms with Gasteiger partial charge < -0.3 is 29.2 Å². The number of amidine groups is 1. The van der Waals surface area contributed by atoms with Crippen molar-refractivity contribution in [3.8, 4) is 0 Å². The number of fused-ring (bicyclic) bond motifs is 1. The Morgan fingerprint density at radius 2 is 1.38 bits per heavy atom. The SMILES string of the molecule is CCOC(=O)Cn1cc2c(n1)CCN(C(=O)[C@H](Cc1ccccc1)NC(=O)c1ccc(C(=NC(=O)OC(C)(C)C)N(C(=O)OC(C)(C)C)C(=O)OC(C)(C)C)cc1)C2. The number of aromatic nitrogens is 2. The van der Waals surface area contributed by atoms with Crippen molar-refractivity contribution in [1.82, 2.24) is 24.9 Å². The van der Waals surface area contributed by atoms with Gasteiger partial charge in [0.25, 0.3) is 5.91 Å². The van der Waals surface area contributed by atoms with Crippen LogP contribution in [0, 0.1) is 0 Å². The van der Waals surface area contributed by atoms with E-state index >= 15 is 0 Å². The van der Waals surface area contributed by atoms with E-state index in [1.54, 1.807) is 80.3 Å². The van der Waals surface area contributed by atoms with Crippen molar-refractivity contribution >= 4 is 41.9 Å². The lowest BCUT2D eigenvalue weighted by molar-refractivity contribution is -0.144. The number of carbonyl (C=O) groups excluding carboxylic acids is 6. The van der Waals surface area contributed by atoms with Gasteiger partial charge in [0.15, 0.2) is 5.84 Å². The van der Waals surface area contributed by atoms with Crippen molar-refractivity contribution in [2.75, 3.05) is 13.2 Å². The molecule has 2 aromatic carbocycles. The second kappa shape index (κ2) is 18.5. The van der Waals surface area contributed by atoms with Gasteiger partial charge in [0.05, 0.1) is 12.3 Å². The van der Waals surface area contributed by atoms with Crippen molar-refractivity contribution < 1.29 is 47.7 Å². The maximum atomic E-state index is 14.2. The van der Waals surface area contributed by atoms with Crippen LogP contribution >= 0.6 is 0 Å². The van der Waals surface area contributed by atoms with Crippen molar-refractivity contribution in [1.29, 1.82) is 0 Å². The molecule has 16 heteroatoms. The lowest BCUT2D eigenvalue weighted by Crippen LogP contribution is -2.50. The maximum Gasteiger partial charge on any atom is 0.436 e. The molecule has 0 aliphatic carbocycles. The fourth-order valence-corrected chi connectivity index (χ4v) is 5.74. The van der Waals surface area contributed by atoms with Gasteiger partial charge >= 0.3 is 24.2 Å². The van der Waals surface area contributed by atoms with E-state index in [4.69, 9.17) is 18.9 Å². The Hall–Kier alpha value is -6.06. The summed E-state index contributed by atoms with van der Waals surface area (Å²) < 4.78 is 23.0. The minimum atomic E-state index is -1.16. The minimum absolute atomic E-state index is 0.0470. The average Bonchev–Trinajstić information content (AvgIpc) is 3.50. The van der Waals surface area contributed by atoms with E-state index in [1.807, 2.05) is 30.3 Å². The molecule has 0 unspecified atom stereocenters. The minimum Gasteiger partial charge on any atom is -0.465 e. The molecule has 5 amide bonds. The van der Waals surface area contributed by atoms with Crippen LogP contribution in [0.15, 0.2) is 65.8 Å². The Morgan fingerprint density at radius 3 is 1.93 bits per heavy atom. The Kier molecular flexibility index (Phi) is 14.2. The van der Waals surface area contributed by atoms with Crippen molar-refractivity contribution in [3.05, 3.63) is 88.7 Å². The predicted octanol–water partition coefficient (Wildman–Crippen LogP) is 6.23. The molecule has 0 radical (unpaired) electrons. The quantitative estimate of drug-likeness (QED) is 0.112. The first-order valence-electron chi connectivity index (χ1n) is 19.0. The second-order valence-corrected chi connectivity index (χ2v) is 16.6. The molecule has 0 bridgehead atoms. The van der Waals surface area contributed by atoms with Crippen LogP contribution in [0.3, 0.4) is 0 Å². The van der Waals surface area contributed by atoms with E-state index in [9.17, 15) is 28.8 Å². The summed E-state index contributed by atoms with van der Waals surface area (Å²) in [6.45, 7) is 17.1. The highest BCUT2D eigenvalue weighted by molar-refractivity contribution is 6.18. The highest BCUT2D eigenvalue weighted by Crippen LogP contribution is 2.22. The topological polar surface area (TPSA) is 188 Å². The molecule has 2 heterocycles. The number of nitrogens with one attached hydrogen (secondary N) is 1. The van der Waals surface area contributed by atoms with Crippen LogP contribution in [0.2, 0.25) is 0 Å². The largest absolute Gasteiger partial charge is 0.465 e. The monoisotopic (exact) mass is 802 g/mol. The summed E-state index contributed by atoms with van der Waals surface area (Å²) in [6, 6.07) is 13.9. The molecule has 1 atom stereocenters. The van der Waals surface area contributed by atoms with E-state index in [2.05, 4.69) is 15.4 Å². The van der Waals surface area contributed by atoms with Gasteiger partial charge in [-0.2, -0.15) is 15.0 Å².